The van der Waals surface area contributed by atoms with Gasteiger partial charge in [0.25, 0.3) is 5.91 Å². The normalized spacial score (nSPS) is 22.7. The molecule has 3 atom stereocenters. The van der Waals surface area contributed by atoms with E-state index in [9.17, 15) is 14.7 Å². The van der Waals surface area contributed by atoms with E-state index < -0.39 is 24.0 Å². The zero-order valence-corrected chi connectivity index (χ0v) is 16.7. The van der Waals surface area contributed by atoms with E-state index >= 15 is 0 Å². The van der Waals surface area contributed by atoms with Crippen molar-refractivity contribution >= 4 is 23.2 Å². The molecule has 2 fully saturated rings. The Balaban J connectivity index is 1.60. The van der Waals surface area contributed by atoms with Gasteiger partial charge in [0.05, 0.1) is 24.5 Å². The van der Waals surface area contributed by atoms with Crippen molar-refractivity contribution in [2.75, 3.05) is 17.1 Å². The predicted octanol–water partition coefficient (Wildman–Crippen LogP) is 3.45. The SMILES string of the molecule is COc1ccccc1N1C(=O)[C@@H]2[C@H](ON(c3ccccc3)[C@H]2c2ccc(O)cc2)C1=O. The molecule has 2 heterocycles. The van der Waals surface area contributed by atoms with Gasteiger partial charge in [0.15, 0.2) is 6.10 Å². The minimum absolute atomic E-state index is 0.120. The summed E-state index contributed by atoms with van der Waals surface area (Å²) in [6, 6.07) is 22.3. The van der Waals surface area contributed by atoms with Crippen molar-refractivity contribution in [1.82, 2.24) is 0 Å². The number of rotatable bonds is 4. The van der Waals surface area contributed by atoms with Crippen LogP contribution in [0.4, 0.5) is 11.4 Å². The van der Waals surface area contributed by atoms with E-state index in [1.165, 1.54) is 7.11 Å². The molecule has 3 aromatic rings. The molecule has 5 rings (SSSR count). The highest BCUT2D eigenvalue weighted by Gasteiger charge is 2.60. The molecule has 0 bridgehead atoms. The molecule has 3 aromatic carbocycles. The van der Waals surface area contributed by atoms with Crippen LogP contribution in [0.25, 0.3) is 0 Å². The van der Waals surface area contributed by atoms with E-state index in [-0.39, 0.29) is 11.7 Å². The molecular formula is C24H20N2O5. The summed E-state index contributed by atoms with van der Waals surface area (Å²) in [5.41, 5.74) is 1.89. The number of carbonyl (C=O) groups excluding carboxylic acids is 2. The Morgan fingerprint density at radius 2 is 1.55 bits per heavy atom. The van der Waals surface area contributed by atoms with Crippen molar-refractivity contribution in [3.63, 3.8) is 0 Å². The fourth-order valence-corrected chi connectivity index (χ4v) is 4.28. The average Bonchev–Trinajstić information content (AvgIpc) is 3.31. The number of aromatic hydroxyl groups is 1. The number of hydroxylamine groups is 1. The Kier molecular flexibility index (Phi) is 4.60. The van der Waals surface area contributed by atoms with Crippen molar-refractivity contribution < 1.29 is 24.3 Å². The van der Waals surface area contributed by atoms with Gasteiger partial charge >= 0.3 is 0 Å². The number of ether oxygens (including phenoxy) is 1. The molecule has 2 saturated heterocycles. The molecule has 0 aliphatic carbocycles. The standard InChI is InChI=1S/C24H20N2O5/c1-30-19-10-6-5-9-18(19)25-23(28)20-21(15-11-13-17(27)14-12-15)26(31-22(20)24(25)29)16-7-3-2-4-8-16/h2-14,20-22,27H,1H3/t20-,21-,22-/m0/s1. The fourth-order valence-electron chi connectivity index (χ4n) is 4.28. The number of fused-ring (bicyclic) bond motifs is 1. The van der Waals surface area contributed by atoms with E-state index in [1.54, 1.807) is 53.6 Å². The maximum atomic E-state index is 13.6. The molecule has 7 nitrogen and oxygen atoms in total. The monoisotopic (exact) mass is 416 g/mol. The number of para-hydroxylation sites is 3. The molecule has 156 valence electrons. The highest BCUT2D eigenvalue weighted by molar-refractivity contribution is 6.24. The van der Waals surface area contributed by atoms with Crippen molar-refractivity contribution in [1.29, 1.82) is 0 Å². The van der Waals surface area contributed by atoms with Gasteiger partial charge in [-0.15, -0.1) is 0 Å². The number of hydrogen-bond donors (Lipinski definition) is 1. The highest BCUT2D eigenvalue weighted by Crippen LogP contribution is 2.48. The largest absolute Gasteiger partial charge is 0.508 e. The Labute approximate surface area is 179 Å². The summed E-state index contributed by atoms with van der Waals surface area (Å²) in [4.78, 5) is 34.2. The smallest absolute Gasteiger partial charge is 0.266 e. The molecule has 0 saturated carbocycles. The van der Waals surface area contributed by atoms with Crippen molar-refractivity contribution in [2.45, 2.75) is 12.1 Å². The number of imide groups is 1. The Morgan fingerprint density at radius 1 is 0.871 bits per heavy atom. The van der Waals surface area contributed by atoms with E-state index in [2.05, 4.69) is 0 Å². The molecule has 2 aliphatic heterocycles. The van der Waals surface area contributed by atoms with Crippen LogP contribution in [0.1, 0.15) is 11.6 Å². The summed E-state index contributed by atoms with van der Waals surface area (Å²) >= 11 is 0. The summed E-state index contributed by atoms with van der Waals surface area (Å²) < 4.78 is 5.37. The lowest BCUT2D eigenvalue weighted by Crippen LogP contribution is -2.37. The molecule has 7 heteroatoms. The number of anilines is 2. The molecule has 0 unspecified atom stereocenters. The molecule has 0 radical (unpaired) electrons. The van der Waals surface area contributed by atoms with E-state index in [4.69, 9.17) is 9.57 Å². The molecule has 0 spiro atoms. The van der Waals surface area contributed by atoms with Crippen molar-refractivity contribution in [2.24, 2.45) is 5.92 Å². The Hall–Kier alpha value is -3.84. The molecule has 1 N–H and O–H groups in total. The number of nitrogens with zero attached hydrogens (tertiary/aromatic N) is 2. The first-order valence-electron chi connectivity index (χ1n) is 9.91. The first kappa shape index (κ1) is 19.1. The highest BCUT2D eigenvalue weighted by atomic mass is 16.7. The van der Waals surface area contributed by atoms with Crippen LogP contribution in [-0.2, 0) is 14.4 Å². The van der Waals surface area contributed by atoms with Crippen LogP contribution in [0.5, 0.6) is 11.5 Å². The number of methoxy groups -OCH3 is 1. The minimum atomic E-state index is -0.962. The van der Waals surface area contributed by atoms with Gasteiger partial charge in [-0.25, -0.2) is 9.96 Å². The Morgan fingerprint density at radius 3 is 2.26 bits per heavy atom. The molecular weight excluding hydrogens is 396 g/mol. The van der Waals surface area contributed by atoms with Crippen LogP contribution in [0, 0.1) is 5.92 Å². The zero-order chi connectivity index (χ0) is 21.5. The van der Waals surface area contributed by atoms with Gasteiger partial charge in [0.2, 0.25) is 5.91 Å². The number of hydrogen-bond acceptors (Lipinski definition) is 6. The molecule has 31 heavy (non-hydrogen) atoms. The topological polar surface area (TPSA) is 79.3 Å². The van der Waals surface area contributed by atoms with Gasteiger partial charge in [-0.1, -0.05) is 42.5 Å². The summed E-state index contributed by atoms with van der Waals surface area (Å²) in [5.74, 6) is -0.972. The van der Waals surface area contributed by atoms with Gasteiger partial charge in [-0.2, -0.15) is 0 Å². The number of amides is 2. The maximum Gasteiger partial charge on any atom is 0.266 e. The van der Waals surface area contributed by atoms with Gasteiger partial charge in [0, 0.05) is 0 Å². The summed E-state index contributed by atoms with van der Waals surface area (Å²) in [7, 11) is 1.50. The van der Waals surface area contributed by atoms with Gasteiger partial charge in [0.1, 0.15) is 17.4 Å². The van der Waals surface area contributed by atoms with Crippen LogP contribution in [0.15, 0.2) is 78.9 Å². The second kappa shape index (κ2) is 7.45. The summed E-state index contributed by atoms with van der Waals surface area (Å²) in [5, 5.41) is 11.3. The average molecular weight is 416 g/mol. The van der Waals surface area contributed by atoms with E-state index in [0.29, 0.717) is 11.4 Å². The van der Waals surface area contributed by atoms with Crippen LogP contribution < -0.4 is 14.7 Å². The lowest BCUT2D eigenvalue weighted by molar-refractivity contribution is -0.126. The third-order valence-corrected chi connectivity index (χ3v) is 5.69. The summed E-state index contributed by atoms with van der Waals surface area (Å²) in [6.45, 7) is 0. The molecule has 2 amide bonds. The quantitative estimate of drug-likeness (QED) is 0.657. The fraction of sp³-hybridized carbons (Fsp3) is 0.167. The van der Waals surface area contributed by atoms with E-state index in [1.807, 2.05) is 30.3 Å². The first-order valence-corrected chi connectivity index (χ1v) is 9.91. The maximum absolute atomic E-state index is 13.6. The van der Waals surface area contributed by atoms with Gasteiger partial charge in [-0.05, 0) is 42.0 Å². The number of phenolic OH excluding ortho intramolecular Hbond substituents is 1. The second-order valence-corrected chi connectivity index (χ2v) is 7.43. The Bertz CT molecular complexity index is 1130. The van der Waals surface area contributed by atoms with Crippen LogP contribution in [-0.4, -0.2) is 30.1 Å². The van der Waals surface area contributed by atoms with Crippen LogP contribution in [0.2, 0.25) is 0 Å². The first-order chi connectivity index (χ1) is 15.1. The zero-order valence-electron chi connectivity index (χ0n) is 16.7. The minimum Gasteiger partial charge on any atom is -0.508 e. The summed E-state index contributed by atoms with van der Waals surface area (Å²) in [6.07, 6.45) is -0.962. The van der Waals surface area contributed by atoms with E-state index in [0.717, 1.165) is 16.2 Å². The molecule has 2 aliphatic rings. The van der Waals surface area contributed by atoms with Gasteiger partial charge < -0.3 is 9.84 Å². The number of phenols is 1. The number of carbonyl (C=O) groups is 2. The third-order valence-electron chi connectivity index (χ3n) is 5.69. The predicted molar refractivity (Wildman–Crippen MR) is 114 cm³/mol. The number of benzene rings is 3. The lowest BCUT2D eigenvalue weighted by atomic mass is 9.90. The second-order valence-electron chi connectivity index (χ2n) is 7.43. The van der Waals surface area contributed by atoms with Crippen LogP contribution >= 0.6 is 0 Å². The third kappa shape index (κ3) is 3.02. The van der Waals surface area contributed by atoms with Crippen molar-refractivity contribution in [3.05, 3.63) is 84.4 Å². The molecule has 0 aromatic heterocycles. The van der Waals surface area contributed by atoms with Gasteiger partial charge in [-0.3, -0.25) is 14.4 Å². The van der Waals surface area contributed by atoms with Crippen molar-refractivity contribution in [3.8, 4) is 11.5 Å². The lowest BCUT2D eigenvalue weighted by Gasteiger charge is -2.29. The van der Waals surface area contributed by atoms with Crippen LogP contribution in [0.3, 0.4) is 0 Å².